The van der Waals surface area contributed by atoms with Gasteiger partial charge in [0.25, 0.3) is 5.90 Å². The average Bonchev–Trinajstić information content (AvgIpc) is 3.29. The van der Waals surface area contributed by atoms with Gasteiger partial charge in [0.05, 0.1) is 17.6 Å². The molecule has 0 saturated heterocycles. The van der Waals surface area contributed by atoms with Crippen molar-refractivity contribution < 1.29 is 30.7 Å². The van der Waals surface area contributed by atoms with Gasteiger partial charge in [0.2, 0.25) is 10.0 Å². The molecule has 9 nitrogen and oxygen atoms in total. The molecule has 164 valence electrons. The summed E-state index contributed by atoms with van der Waals surface area (Å²) in [5.41, 5.74) is -2.54. The van der Waals surface area contributed by atoms with Crippen LogP contribution in [-0.4, -0.2) is 48.1 Å². The number of aromatic nitrogens is 2. The van der Waals surface area contributed by atoms with Gasteiger partial charge in [-0.1, -0.05) is 0 Å². The number of nitrogens with one attached hydrogen (secondary N) is 3. The first-order chi connectivity index (χ1) is 13.9. The number of imidazole rings is 1. The number of halogens is 4. The fourth-order valence-corrected chi connectivity index (χ4v) is 4.37. The summed E-state index contributed by atoms with van der Waals surface area (Å²) < 4.78 is 85.6. The van der Waals surface area contributed by atoms with Gasteiger partial charge in [-0.15, -0.1) is 0 Å². The van der Waals surface area contributed by atoms with Crippen LogP contribution in [0.4, 0.5) is 17.6 Å². The van der Waals surface area contributed by atoms with E-state index in [4.69, 9.17) is 10.8 Å². The van der Waals surface area contributed by atoms with Crippen molar-refractivity contribution in [1.29, 1.82) is 10.8 Å². The van der Waals surface area contributed by atoms with Crippen LogP contribution in [0, 0.1) is 16.6 Å². The lowest BCUT2D eigenvalue weighted by Crippen LogP contribution is -2.35. The van der Waals surface area contributed by atoms with Crippen molar-refractivity contribution in [1.82, 2.24) is 13.9 Å². The molecule has 1 aromatic carbocycles. The molecular weight excluding hydrogens is 434 g/mol. The second-order valence-corrected chi connectivity index (χ2v) is 8.62. The van der Waals surface area contributed by atoms with Crippen LogP contribution in [0.25, 0.3) is 11.0 Å². The summed E-state index contributed by atoms with van der Waals surface area (Å²) in [6.45, 7) is -0.000475. The van der Waals surface area contributed by atoms with E-state index in [2.05, 4.69) is 9.46 Å². The number of hydrogen-bond acceptors (Lipinski definition) is 6. The molecule has 1 aliphatic rings. The van der Waals surface area contributed by atoms with Crippen LogP contribution in [0.15, 0.2) is 21.8 Å². The molecule has 0 radical (unpaired) electrons. The van der Waals surface area contributed by atoms with Crippen LogP contribution in [0.1, 0.15) is 19.8 Å². The van der Waals surface area contributed by atoms with E-state index >= 15 is 0 Å². The number of rotatable bonds is 6. The second kappa shape index (κ2) is 7.50. The van der Waals surface area contributed by atoms with Crippen LogP contribution >= 0.6 is 0 Å². The number of fused-ring (bicyclic) bond motifs is 1. The van der Waals surface area contributed by atoms with Gasteiger partial charge in [0.15, 0.2) is 0 Å². The van der Waals surface area contributed by atoms with E-state index < -0.39 is 63.5 Å². The summed E-state index contributed by atoms with van der Waals surface area (Å²) in [5.74, 6) is -2.85. The fraction of sp³-hybridized carbons (Fsp3) is 0.438. The monoisotopic (exact) mass is 451 g/mol. The number of nitrogens with zero attached hydrogens (tertiary/aromatic N) is 2. The molecule has 0 aliphatic heterocycles. The summed E-state index contributed by atoms with van der Waals surface area (Å²) in [7, 11) is -4.37. The second-order valence-electron chi connectivity index (χ2n) is 6.97. The quantitative estimate of drug-likeness (QED) is 0.351. The van der Waals surface area contributed by atoms with E-state index in [-0.39, 0.29) is 11.0 Å². The standard InChI is InChI=1S/C16H17F4N5O4S/c1-16(2-3-16)23-30(27,28)11-7-10-9(6-8(11)18)24(5-4-17)15(26)25(10)14(22)29-13(21)12(19)20/h6-7,12,21-23H,2-5H2,1H3. The van der Waals surface area contributed by atoms with E-state index in [1.165, 1.54) is 0 Å². The zero-order valence-corrected chi connectivity index (χ0v) is 16.3. The fourth-order valence-electron chi connectivity index (χ4n) is 2.82. The van der Waals surface area contributed by atoms with Gasteiger partial charge in [0, 0.05) is 11.6 Å². The van der Waals surface area contributed by atoms with Crippen molar-refractivity contribution in [2.45, 2.75) is 43.2 Å². The Morgan fingerprint density at radius 3 is 2.47 bits per heavy atom. The Balaban J connectivity index is 2.20. The van der Waals surface area contributed by atoms with Crippen molar-refractivity contribution in [2.24, 2.45) is 0 Å². The first-order valence-electron chi connectivity index (χ1n) is 8.58. The molecule has 2 aromatic rings. The maximum Gasteiger partial charge on any atom is 0.337 e. The van der Waals surface area contributed by atoms with Crippen molar-refractivity contribution >= 4 is 33.0 Å². The van der Waals surface area contributed by atoms with Crippen LogP contribution in [0.2, 0.25) is 0 Å². The van der Waals surface area contributed by atoms with Gasteiger partial charge >= 0.3 is 18.1 Å². The molecule has 0 atom stereocenters. The topological polar surface area (TPSA) is 130 Å². The molecule has 0 spiro atoms. The predicted octanol–water partition coefficient (Wildman–Crippen LogP) is 1.78. The van der Waals surface area contributed by atoms with Crippen LogP contribution in [0.3, 0.4) is 0 Å². The number of benzene rings is 1. The van der Waals surface area contributed by atoms with Crippen molar-refractivity contribution in [3.05, 3.63) is 28.4 Å². The Bertz CT molecular complexity index is 1200. The van der Waals surface area contributed by atoms with E-state index in [0.29, 0.717) is 28.0 Å². The largest absolute Gasteiger partial charge is 0.405 e. The lowest BCUT2D eigenvalue weighted by atomic mass is 10.3. The highest BCUT2D eigenvalue weighted by Crippen LogP contribution is 2.36. The highest BCUT2D eigenvalue weighted by Gasteiger charge is 2.42. The summed E-state index contributed by atoms with van der Waals surface area (Å²) in [4.78, 5) is 11.7. The van der Waals surface area contributed by atoms with Gasteiger partial charge in [-0.25, -0.2) is 31.3 Å². The molecule has 1 aliphatic carbocycles. The summed E-state index contributed by atoms with van der Waals surface area (Å²) in [5, 5.41) is 14.8. The number of ether oxygens (including phenoxy) is 1. The highest BCUT2D eigenvalue weighted by atomic mass is 32.2. The molecule has 3 rings (SSSR count). The lowest BCUT2D eigenvalue weighted by molar-refractivity contribution is 0.196. The van der Waals surface area contributed by atoms with Crippen molar-refractivity contribution in [2.75, 3.05) is 6.67 Å². The third-order valence-corrected chi connectivity index (χ3v) is 6.22. The molecule has 3 N–H and O–H groups in total. The minimum Gasteiger partial charge on any atom is -0.405 e. The first-order valence-corrected chi connectivity index (χ1v) is 10.1. The smallest absolute Gasteiger partial charge is 0.337 e. The predicted molar refractivity (Wildman–Crippen MR) is 98.0 cm³/mol. The Labute approximate surface area is 167 Å². The first kappa shape index (κ1) is 22.0. The van der Waals surface area contributed by atoms with Crippen LogP contribution in [0.5, 0.6) is 0 Å². The number of aryl methyl sites for hydroxylation is 1. The minimum atomic E-state index is -4.37. The molecule has 1 saturated carbocycles. The molecule has 14 heteroatoms. The SMILES string of the molecule is CC1(NS(=O)(=O)c2cc3c(cc2F)n(CCF)c(=O)n3C(=N)OC(=N)C(F)F)CC1. The third kappa shape index (κ3) is 3.96. The van der Waals surface area contributed by atoms with Gasteiger partial charge in [-0.05, 0) is 25.8 Å². The summed E-state index contributed by atoms with van der Waals surface area (Å²) in [6.07, 6.45) is -2.29. The number of sulfonamides is 1. The van der Waals surface area contributed by atoms with Crippen LogP contribution < -0.4 is 10.4 Å². The Hall–Kier alpha value is -2.74. The van der Waals surface area contributed by atoms with Crippen LogP contribution in [-0.2, 0) is 21.3 Å². The van der Waals surface area contributed by atoms with Gasteiger partial charge in [0.1, 0.15) is 17.4 Å². The maximum absolute atomic E-state index is 14.6. The molecule has 1 aromatic heterocycles. The number of hydrogen-bond donors (Lipinski definition) is 3. The molecule has 1 heterocycles. The molecule has 30 heavy (non-hydrogen) atoms. The van der Waals surface area contributed by atoms with E-state index in [0.717, 1.165) is 6.07 Å². The van der Waals surface area contributed by atoms with E-state index in [1.807, 2.05) is 0 Å². The van der Waals surface area contributed by atoms with Crippen molar-refractivity contribution in [3.63, 3.8) is 0 Å². The van der Waals surface area contributed by atoms with Crippen molar-refractivity contribution in [3.8, 4) is 0 Å². The van der Waals surface area contributed by atoms with Gasteiger partial charge < -0.3 is 4.74 Å². The molecule has 0 amide bonds. The zero-order valence-electron chi connectivity index (χ0n) is 15.5. The van der Waals surface area contributed by atoms with Gasteiger partial charge in [-0.2, -0.15) is 8.78 Å². The average molecular weight is 451 g/mol. The molecule has 0 bridgehead atoms. The summed E-state index contributed by atoms with van der Waals surface area (Å²) >= 11 is 0. The Morgan fingerprint density at radius 2 is 1.93 bits per heavy atom. The maximum atomic E-state index is 14.6. The zero-order chi connectivity index (χ0) is 22.4. The highest BCUT2D eigenvalue weighted by molar-refractivity contribution is 7.89. The normalized spacial score (nSPS) is 15.5. The molecular formula is C16H17F4N5O4S. The number of alkyl halides is 3. The minimum absolute atomic E-state index is 0.274. The lowest BCUT2D eigenvalue weighted by Gasteiger charge is -2.13. The Kier molecular flexibility index (Phi) is 5.49. The molecule has 1 fully saturated rings. The van der Waals surface area contributed by atoms with E-state index in [9.17, 15) is 30.8 Å². The van der Waals surface area contributed by atoms with Gasteiger partial charge in [-0.3, -0.25) is 15.4 Å². The molecule has 0 unspecified atom stereocenters. The third-order valence-electron chi connectivity index (χ3n) is 4.57. The Morgan fingerprint density at radius 1 is 1.30 bits per heavy atom. The summed E-state index contributed by atoms with van der Waals surface area (Å²) in [6, 6.07) is 0.168. The van der Waals surface area contributed by atoms with E-state index in [1.54, 1.807) is 6.92 Å².